The second kappa shape index (κ2) is 8.11. The molecule has 22 heavy (non-hydrogen) atoms. The third kappa shape index (κ3) is 4.28. The van der Waals surface area contributed by atoms with Crippen LogP contribution < -0.4 is 14.2 Å². The molecule has 0 radical (unpaired) electrons. The van der Waals surface area contributed by atoms with Crippen molar-refractivity contribution >= 4 is 11.9 Å². The maximum absolute atomic E-state index is 11.7. The summed E-state index contributed by atoms with van der Waals surface area (Å²) in [6.45, 7) is 0. The lowest BCUT2D eigenvalue weighted by Gasteiger charge is -2.16. The molecule has 0 saturated heterocycles. The van der Waals surface area contributed by atoms with Gasteiger partial charge in [-0.15, -0.1) is 0 Å². The molecule has 0 spiro atoms. The van der Waals surface area contributed by atoms with Gasteiger partial charge >= 0.3 is 11.9 Å². The van der Waals surface area contributed by atoms with Crippen LogP contribution >= 0.6 is 0 Å². The molecule has 0 fully saturated rings. The molecule has 0 aliphatic carbocycles. The topological polar surface area (TPSA) is 91.3 Å². The van der Waals surface area contributed by atoms with Gasteiger partial charge in [0.15, 0.2) is 11.5 Å². The molecule has 0 aromatic heterocycles. The fourth-order valence-electron chi connectivity index (χ4n) is 2.15. The Bertz CT molecular complexity index is 514. The van der Waals surface area contributed by atoms with Gasteiger partial charge in [0, 0.05) is 0 Å². The van der Waals surface area contributed by atoms with E-state index in [-0.39, 0.29) is 12.8 Å². The summed E-state index contributed by atoms with van der Waals surface area (Å²) < 4.78 is 20.3. The lowest BCUT2D eigenvalue weighted by molar-refractivity contribution is -0.150. The monoisotopic (exact) mass is 312 g/mol. The van der Waals surface area contributed by atoms with Gasteiger partial charge in [0.25, 0.3) is 0 Å². The summed E-state index contributed by atoms with van der Waals surface area (Å²) >= 11 is 0. The van der Waals surface area contributed by atoms with Gasteiger partial charge in [0.2, 0.25) is 5.75 Å². The smallest absolute Gasteiger partial charge is 0.309 e. The molecule has 122 valence electrons. The van der Waals surface area contributed by atoms with E-state index in [9.17, 15) is 9.59 Å². The van der Waals surface area contributed by atoms with Crippen LogP contribution in [0.5, 0.6) is 17.2 Å². The van der Waals surface area contributed by atoms with Gasteiger partial charge in [-0.2, -0.15) is 0 Å². The SMILES string of the molecule is COC(=O)[C@H](CC(=O)O)Cc1cc(OC)c(OC)c(OC)c1. The first-order valence-electron chi connectivity index (χ1n) is 6.55. The Kier molecular flexibility index (Phi) is 6.49. The zero-order chi connectivity index (χ0) is 16.7. The summed E-state index contributed by atoms with van der Waals surface area (Å²) in [5.74, 6) is -1.11. The van der Waals surface area contributed by atoms with Crippen LogP contribution in [0.3, 0.4) is 0 Å². The number of benzene rings is 1. The highest BCUT2D eigenvalue weighted by molar-refractivity contribution is 5.79. The first-order valence-corrected chi connectivity index (χ1v) is 6.55. The maximum atomic E-state index is 11.7. The van der Waals surface area contributed by atoms with Crippen molar-refractivity contribution in [1.82, 2.24) is 0 Å². The molecular formula is C15H20O7. The second-order valence-electron chi connectivity index (χ2n) is 4.56. The van der Waals surface area contributed by atoms with Crippen molar-refractivity contribution in [2.75, 3.05) is 28.4 Å². The molecular weight excluding hydrogens is 292 g/mol. The van der Waals surface area contributed by atoms with Crippen LogP contribution in [0.25, 0.3) is 0 Å². The number of carbonyl (C=O) groups is 2. The van der Waals surface area contributed by atoms with E-state index in [0.29, 0.717) is 22.8 Å². The fraction of sp³-hybridized carbons (Fsp3) is 0.467. The molecule has 0 heterocycles. The van der Waals surface area contributed by atoms with Gasteiger partial charge in [0.1, 0.15) is 0 Å². The van der Waals surface area contributed by atoms with Crippen LogP contribution in [0.1, 0.15) is 12.0 Å². The standard InChI is InChI=1S/C15H20O7/c1-19-11-6-9(7-12(20-2)14(11)21-3)5-10(8-13(16)17)15(18)22-4/h6-7,10H,5,8H2,1-4H3,(H,16,17)/t10-/m0/s1. The number of rotatable bonds is 8. The van der Waals surface area contributed by atoms with Gasteiger partial charge < -0.3 is 24.1 Å². The Hall–Kier alpha value is -2.44. The Morgan fingerprint density at radius 2 is 1.59 bits per heavy atom. The van der Waals surface area contributed by atoms with E-state index < -0.39 is 17.9 Å². The highest BCUT2D eigenvalue weighted by Gasteiger charge is 2.24. The molecule has 7 nitrogen and oxygen atoms in total. The number of methoxy groups -OCH3 is 4. The van der Waals surface area contributed by atoms with Crippen molar-refractivity contribution in [3.05, 3.63) is 17.7 Å². The first kappa shape index (κ1) is 17.6. The number of carbonyl (C=O) groups excluding carboxylic acids is 1. The Morgan fingerprint density at radius 3 is 1.95 bits per heavy atom. The normalized spacial score (nSPS) is 11.5. The largest absolute Gasteiger partial charge is 0.493 e. The van der Waals surface area contributed by atoms with Gasteiger partial charge in [0.05, 0.1) is 40.8 Å². The molecule has 1 aromatic rings. The molecule has 0 saturated carbocycles. The van der Waals surface area contributed by atoms with Gasteiger partial charge in [-0.05, 0) is 24.1 Å². The van der Waals surface area contributed by atoms with Crippen LogP contribution in [0, 0.1) is 5.92 Å². The number of aliphatic carboxylic acids is 1. The number of hydrogen-bond donors (Lipinski definition) is 1. The van der Waals surface area contributed by atoms with E-state index in [1.807, 2.05) is 0 Å². The summed E-state index contributed by atoms with van der Waals surface area (Å²) in [5, 5.41) is 8.91. The quantitative estimate of drug-likeness (QED) is 0.728. The zero-order valence-corrected chi connectivity index (χ0v) is 13.0. The third-order valence-corrected chi connectivity index (χ3v) is 3.16. The zero-order valence-electron chi connectivity index (χ0n) is 13.0. The van der Waals surface area contributed by atoms with Crippen molar-refractivity contribution in [3.63, 3.8) is 0 Å². The minimum Gasteiger partial charge on any atom is -0.493 e. The summed E-state index contributed by atoms with van der Waals surface area (Å²) in [6, 6.07) is 3.36. The summed E-state index contributed by atoms with van der Waals surface area (Å²) in [4.78, 5) is 22.6. The van der Waals surface area contributed by atoms with Crippen LogP contribution in [-0.2, 0) is 20.7 Å². The molecule has 0 aliphatic heterocycles. The Balaban J connectivity index is 3.13. The second-order valence-corrected chi connectivity index (χ2v) is 4.56. The number of esters is 1. The van der Waals surface area contributed by atoms with E-state index in [4.69, 9.17) is 19.3 Å². The maximum Gasteiger partial charge on any atom is 0.309 e. The van der Waals surface area contributed by atoms with Crippen LogP contribution in [0.15, 0.2) is 12.1 Å². The molecule has 1 rings (SSSR count). The number of hydrogen-bond acceptors (Lipinski definition) is 6. The lowest BCUT2D eigenvalue weighted by Crippen LogP contribution is -2.22. The van der Waals surface area contributed by atoms with Crippen LogP contribution in [-0.4, -0.2) is 45.5 Å². The minimum absolute atomic E-state index is 0.190. The average Bonchev–Trinajstić information content (AvgIpc) is 2.51. The molecule has 0 unspecified atom stereocenters. The van der Waals surface area contributed by atoms with E-state index in [1.165, 1.54) is 28.4 Å². The van der Waals surface area contributed by atoms with E-state index in [0.717, 1.165) is 0 Å². The van der Waals surface area contributed by atoms with Crippen LogP contribution in [0.4, 0.5) is 0 Å². The number of carboxylic acid groups (broad SMARTS) is 1. The summed E-state index contributed by atoms with van der Waals surface area (Å²) in [7, 11) is 5.68. The van der Waals surface area contributed by atoms with Crippen molar-refractivity contribution in [2.45, 2.75) is 12.8 Å². The fourth-order valence-corrected chi connectivity index (χ4v) is 2.15. The molecule has 1 aromatic carbocycles. The lowest BCUT2D eigenvalue weighted by atomic mass is 9.95. The molecule has 7 heteroatoms. The van der Waals surface area contributed by atoms with Gasteiger partial charge in [-0.3, -0.25) is 9.59 Å². The highest BCUT2D eigenvalue weighted by atomic mass is 16.5. The molecule has 1 atom stereocenters. The van der Waals surface area contributed by atoms with Gasteiger partial charge in [-0.25, -0.2) is 0 Å². The van der Waals surface area contributed by atoms with Crippen LogP contribution in [0.2, 0.25) is 0 Å². The number of ether oxygens (including phenoxy) is 4. The van der Waals surface area contributed by atoms with Crippen molar-refractivity contribution in [2.24, 2.45) is 5.92 Å². The average molecular weight is 312 g/mol. The van der Waals surface area contributed by atoms with E-state index in [1.54, 1.807) is 12.1 Å². The third-order valence-electron chi connectivity index (χ3n) is 3.16. The molecule has 1 N–H and O–H groups in total. The number of carboxylic acids is 1. The predicted molar refractivity (Wildman–Crippen MR) is 77.6 cm³/mol. The van der Waals surface area contributed by atoms with Gasteiger partial charge in [-0.1, -0.05) is 0 Å². The first-order chi connectivity index (χ1) is 10.5. The summed E-state index contributed by atoms with van der Waals surface area (Å²) in [5.41, 5.74) is 0.686. The Morgan fingerprint density at radius 1 is 1.05 bits per heavy atom. The molecule has 0 amide bonds. The van der Waals surface area contributed by atoms with Crippen molar-refractivity contribution in [3.8, 4) is 17.2 Å². The molecule has 0 aliphatic rings. The highest BCUT2D eigenvalue weighted by Crippen LogP contribution is 2.38. The van der Waals surface area contributed by atoms with E-state index in [2.05, 4.69) is 4.74 Å². The Labute approximate surface area is 128 Å². The van der Waals surface area contributed by atoms with Crippen molar-refractivity contribution in [1.29, 1.82) is 0 Å². The summed E-state index contributed by atoms with van der Waals surface area (Å²) in [6.07, 6.45) is -0.126. The molecule has 0 bridgehead atoms. The minimum atomic E-state index is -1.07. The van der Waals surface area contributed by atoms with E-state index >= 15 is 0 Å². The predicted octanol–water partition coefficient (Wildman–Crippen LogP) is 1.52. The van der Waals surface area contributed by atoms with Crippen molar-refractivity contribution < 1.29 is 33.6 Å².